The van der Waals surface area contributed by atoms with Gasteiger partial charge in [0, 0.05) is 12.6 Å². The van der Waals surface area contributed by atoms with Crippen molar-refractivity contribution >= 4 is 35.3 Å². The standard InChI is InChI=1S/C30H58N2O2S2/c1-5-6-7-8-9-10-11-12-13-14-15-16-17-18-19-20-21-34-28(36)31-25-30(4)23-26(32-27(33)35)22-29(2,3)24-30/h26H,5-25H2,1-4H3,(H,31,36)(H2,32,33,35). The van der Waals surface area contributed by atoms with Crippen LogP contribution in [0.5, 0.6) is 0 Å². The third kappa shape index (κ3) is 17.9. The molecule has 1 aliphatic carbocycles. The number of hydrogen-bond acceptors (Lipinski definition) is 3. The third-order valence-corrected chi connectivity index (χ3v) is 8.05. The highest BCUT2D eigenvalue weighted by molar-refractivity contribution is 7.96. The molecule has 1 amide bonds. The van der Waals surface area contributed by atoms with Crippen LogP contribution in [0.15, 0.2) is 0 Å². The number of amides is 1. The molecule has 1 fully saturated rings. The zero-order valence-corrected chi connectivity index (χ0v) is 25.8. The van der Waals surface area contributed by atoms with Gasteiger partial charge in [0.2, 0.25) is 0 Å². The molecule has 0 bridgehead atoms. The number of rotatable bonds is 20. The summed E-state index contributed by atoms with van der Waals surface area (Å²) < 4.78 is 5.78. The number of carbonyl (C=O) groups is 1. The van der Waals surface area contributed by atoms with Gasteiger partial charge in [0.05, 0.1) is 6.61 Å². The molecule has 6 heteroatoms. The van der Waals surface area contributed by atoms with E-state index in [1.54, 1.807) is 0 Å². The SMILES string of the molecule is CCCCCCCCCCCCCCCCCCOC(=S)NCC1(C)CC(NC(=O)S)CC(C)(C)C1. The first-order valence-electron chi connectivity index (χ1n) is 15.1. The number of thiol groups is 1. The van der Waals surface area contributed by atoms with Crippen molar-refractivity contribution in [3.63, 3.8) is 0 Å². The molecular weight excluding hydrogens is 484 g/mol. The summed E-state index contributed by atoms with van der Waals surface area (Å²) in [4.78, 5) is 11.4. The van der Waals surface area contributed by atoms with E-state index < -0.39 is 0 Å². The molecule has 0 aliphatic heterocycles. The van der Waals surface area contributed by atoms with Crippen LogP contribution in [0.1, 0.15) is 150 Å². The molecule has 2 N–H and O–H groups in total. The van der Waals surface area contributed by atoms with Crippen molar-refractivity contribution < 1.29 is 9.53 Å². The fraction of sp³-hybridized carbons (Fsp3) is 0.933. The van der Waals surface area contributed by atoms with E-state index in [1.165, 1.54) is 96.3 Å². The Morgan fingerprint density at radius 2 is 1.31 bits per heavy atom. The maximum atomic E-state index is 11.4. The van der Waals surface area contributed by atoms with Gasteiger partial charge in [-0.1, -0.05) is 137 Å². The number of carbonyl (C=O) groups excluding carboxylic acids is 1. The second-order valence-electron chi connectivity index (χ2n) is 12.5. The summed E-state index contributed by atoms with van der Waals surface area (Å²) in [5.41, 5.74) is 0.232. The summed E-state index contributed by atoms with van der Waals surface area (Å²) in [5.74, 6) is 0. The Kier molecular flexibility index (Phi) is 18.2. The van der Waals surface area contributed by atoms with E-state index in [0.29, 0.717) is 11.8 Å². The first kappa shape index (κ1) is 33.5. The first-order valence-corrected chi connectivity index (χ1v) is 15.9. The Balaban J connectivity index is 1.97. The maximum Gasteiger partial charge on any atom is 0.276 e. The minimum absolute atomic E-state index is 0.0598. The molecule has 0 aromatic heterocycles. The van der Waals surface area contributed by atoms with Crippen molar-refractivity contribution in [2.45, 2.75) is 156 Å². The van der Waals surface area contributed by atoms with Gasteiger partial charge in [0.25, 0.3) is 10.4 Å². The molecule has 2 unspecified atom stereocenters. The molecule has 2 atom stereocenters. The Bertz CT molecular complexity index is 599. The predicted octanol–water partition coefficient (Wildman–Crippen LogP) is 9.36. The second kappa shape index (κ2) is 19.6. The summed E-state index contributed by atoms with van der Waals surface area (Å²) in [6.45, 7) is 10.6. The van der Waals surface area contributed by atoms with E-state index in [4.69, 9.17) is 17.0 Å². The van der Waals surface area contributed by atoms with Gasteiger partial charge < -0.3 is 15.4 Å². The average molecular weight is 543 g/mol. The molecule has 1 rings (SSSR count). The Hall–Kier alpha value is -0.490. The highest BCUT2D eigenvalue weighted by Gasteiger charge is 2.41. The molecule has 0 spiro atoms. The lowest BCUT2D eigenvalue weighted by Gasteiger charge is -2.46. The van der Waals surface area contributed by atoms with Gasteiger partial charge in [0.15, 0.2) is 0 Å². The van der Waals surface area contributed by atoms with Crippen LogP contribution in [-0.4, -0.2) is 29.6 Å². The summed E-state index contributed by atoms with van der Waals surface area (Å²) in [6, 6.07) is 0.158. The highest BCUT2D eigenvalue weighted by Crippen LogP contribution is 2.45. The van der Waals surface area contributed by atoms with Gasteiger partial charge in [0.1, 0.15) is 0 Å². The van der Waals surface area contributed by atoms with Gasteiger partial charge in [-0.2, -0.15) is 0 Å². The zero-order valence-electron chi connectivity index (χ0n) is 24.1. The molecule has 0 saturated heterocycles. The summed E-state index contributed by atoms with van der Waals surface area (Å²) in [6.07, 6.45) is 24.9. The van der Waals surface area contributed by atoms with E-state index in [2.05, 4.69) is 51.0 Å². The van der Waals surface area contributed by atoms with E-state index >= 15 is 0 Å². The monoisotopic (exact) mass is 542 g/mol. The normalized spacial score (nSPS) is 21.2. The van der Waals surface area contributed by atoms with Crippen LogP contribution in [0, 0.1) is 10.8 Å². The molecule has 36 heavy (non-hydrogen) atoms. The van der Waals surface area contributed by atoms with E-state index in [0.717, 1.165) is 32.2 Å². The maximum absolute atomic E-state index is 11.4. The van der Waals surface area contributed by atoms with Crippen molar-refractivity contribution in [2.24, 2.45) is 10.8 Å². The molecule has 0 aromatic carbocycles. The van der Waals surface area contributed by atoms with E-state index in [1.807, 2.05) is 0 Å². The lowest BCUT2D eigenvalue weighted by atomic mass is 9.62. The van der Waals surface area contributed by atoms with Crippen LogP contribution in [0.3, 0.4) is 0 Å². The Morgan fingerprint density at radius 3 is 1.78 bits per heavy atom. The number of unbranched alkanes of at least 4 members (excludes halogenated alkanes) is 15. The number of hydrogen-bond donors (Lipinski definition) is 3. The van der Waals surface area contributed by atoms with Crippen LogP contribution in [0.4, 0.5) is 4.79 Å². The number of ether oxygens (including phenoxy) is 1. The molecule has 1 saturated carbocycles. The number of thiocarbonyl (C=S) groups is 1. The predicted molar refractivity (Wildman–Crippen MR) is 163 cm³/mol. The molecule has 0 aromatic rings. The molecule has 4 nitrogen and oxygen atoms in total. The van der Waals surface area contributed by atoms with Gasteiger partial charge in [-0.05, 0) is 48.7 Å². The Labute approximate surface area is 234 Å². The van der Waals surface area contributed by atoms with Crippen molar-refractivity contribution in [2.75, 3.05) is 13.2 Å². The van der Waals surface area contributed by atoms with E-state index in [9.17, 15) is 4.79 Å². The zero-order chi connectivity index (χ0) is 26.7. The molecule has 0 radical (unpaired) electrons. The number of nitrogens with one attached hydrogen (secondary N) is 2. The lowest BCUT2D eigenvalue weighted by molar-refractivity contribution is 0.0770. The van der Waals surface area contributed by atoms with Crippen LogP contribution in [0.25, 0.3) is 0 Å². The summed E-state index contributed by atoms with van der Waals surface area (Å²) >= 11 is 9.33. The van der Waals surface area contributed by atoms with Crippen molar-refractivity contribution in [1.29, 1.82) is 0 Å². The smallest absolute Gasteiger partial charge is 0.276 e. The highest BCUT2D eigenvalue weighted by atomic mass is 32.1. The fourth-order valence-electron chi connectivity index (χ4n) is 6.20. The average Bonchev–Trinajstić information content (AvgIpc) is 2.78. The summed E-state index contributed by atoms with van der Waals surface area (Å²) in [5, 5.41) is 6.60. The van der Waals surface area contributed by atoms with Crippen LogP contribution < -0.4 is 10.6 Å². The third-order valence-electron chi connectivity index (χ3n) is 7.66. The topological polar surface area (TPSA) is 50.4 Å². The second-order valence-corrected chi connectivity index (χ2v) is 13.3. The molecule has 212 valence electrons. The minimum Gasteiger partial charge on any atom is -0.471 e. The minimum atomic E-state index is -0.245. The van der Waals surface area contributed by atoms with Gasteiger partial charge in [-0.3, -0.25) is 4.79 Å². The van der Waals surface area contributed by atoms with Crippen molar-refractivity contribution in [3.05, 3.63) is 0 Å². The van der Waals surface area contributed by atoms with Crippen LogP contribution in [0.2, 0.25) is 0 Å². The largest absolute Gasteiger partial charge is 0.471 e. The molecule has 0 heterocycles. The molecule has 1 aliphatic rings. The van der Waals surface area contributed by atoms with Gasteiger partial charge in [-0.25, -0.2) is 0 Å². The van der Waals surface area contributed by atoms with Crippen molar-refractivity contribution in [3.8, 4) is 0 Å². The Morgan fingerprint density at radius 1 is 0.833 bits per heavy atom. The molecular formula is C30H58N2O2S2. The summed E-state index contributed by atoms with van der Waals surface area (Å²) in [7, 11) is 0. The lowest BCUT2D eigenvalue weighted by Crippen LogP contribution is -2.49. The van der Waals surface area contributed by atoms with Gasteiger partial charge >= 0.3 is 0 Å². The first-order chi connectivity index (χ1) is 17.2. The van der Waals surface area contributed by atoms with E-state index in [-0.39, 0.29) is 22.1 Å². The van der Waals surface area contributed by atoms with Crippen LogP contribution in [-0.2, 0) is 4.74 Å². The fourth-order valence-corrected chi connectivity index (χ4v) is 6.53. The quantitative estimate of drug-likeness (QED) is 0.0814. The van der Waals surface area contributed by atoms with Crippen LogP contribution >= 0.6 is 24.8 Å². The van der Waals surface area contributed by atoms with Gasteiger partial charge in [-0.15, -0.1) is 0 Å². The van der Waals surface area contributed by atoms with Crippen molar-refractivity contribution in [1.82, 2.24) is 10.6 Å².